The number of carbonyl (C=O) groups excluding carboxylic acids is 1. The van der Waals surface area contributed by atoms with Crippen molar-refractivity contribution >= 4 is 39.1 Å². The Bertz CT molecular complexity index is 1030. The number of carbonyl (C=O) groups is 1. The zero-order valence-corrected chi connectivity index (χ0v) is 23.6. The van der Waals surface area contributed by atoms with Crippen LogP contribution >= 0.6 is 15.9 Å². The number of para-hydroxylation sites is 1. The summed E-state index contributed by atoms with van der Waals surface area (Å²) in [6, 6.07) is 14.4. The van der Waals surface area contributed by atoms with E-state index in [1.54, 1.807) is 0 Å². The second kappa shape index (κ2) is 12.5. The zero-order valence-electron chi connectivity index (χ0n) is 22.0. The van der Waals surface area contributed by atoms with E-state index in [1.807, 2.05) is 82.6 Å². The van der Waals surface area contributed by atoms with Gasteiger partial charge < -0.3 is 10.1 Å². The Morgan fingerprint density at radius 3 is 2.56 bits per heavy atom. The highest BCUT2D eigenvalue weighted by Gasteiger charge is 2.26. The maximum Gasteiger partial charge on any atom is 0.412 e. The summed E-state index contributed by atoms with van der Waals surface area (Å²) in [7, 11) is 3.92. The smallest absolute Gasteiger partial charge is 0.412 e. The molecule has 196 valence electrons. The molecule has 0 saturated carbocycles. The van der Waals surface area contributed by atoms with E-state index in [0.717, 1.165) is 59.6 Å². The van der Waals surface area contributed by atoms with Gasteiger partial charge in [-0.25, -0.2) is 4.79 Å². The largest absolute Gasteiger partial charge is 0.444 e. The molecule has 1 fully saturated rings. The molecule has 8 nitrogen and oxygen atoms in total. The predicted octanol–water partition coefficient (Wildman–Crippen LogP) is 6.12. The Labute approximate surface area is 223 Å². The molecule has 1 amide bonds. The highest BCUT2D eigenvalue weighted by Crippen LogP contribution is 2.31. The van der Waals surface area contributed by atoms with Gasteiger partial charge in [0.2, 0.25) is 0 Å². The molecular weight excluding hydrogens is 520 g/mol. The van der Waals surface area contributed by atoms with Crippen LogP contribution in [-0.4, -0.2) is 59.9 Å². The fraction of sp³-hybridized carbons (Fsp3) is 0.444. The van der Waals surface area contributed by atoms with Crippen molar-refractivity contribution in [2.45, 2.75) is 51.8 Å². The van der Waals surface area contributed by atoms with E-state index in [-0.39, 0.29) is 0 Å². The molecule has 2 aromatic carbocycles. The molecule has 36 heavy (non-hydrogen) atoms. The first-order valence-corrected chi connectivity index (χ1v) is 13.1. The van der Waals surface area contributed by atoms with Crippen molar-refractivity contribution in [3.05, 3.63) is 65.3 Å². The number of halogens is 1. The topological polar surface area (TPSA) is 72.1 Å². The van der Waals surface area contributed by atoms with Gasteiger partial charge in [0.15, 0.2) is 0 Å². The van der Waals surface area contributed by atoms with Gasteiger partial charge in [-0.05, 0) is 79.4 Å². The van der Waals surface area contributed by atoms with Crippen molar-refractivity contribution in [1.29, 1.82) is 0 Å². The lowest BCUT2D eigenvalue weighted by atomic mass is 10.0. The van der Waals surface area contributed by atoms with Gasteiger partial charge in [-0.15, -0.1) is 5.12 Å². The number of benzene rings is 2. The minimum absolute atomic E-state index is 0.349. The summed E-state index contributed by atoms with van der Waals surface area (Å²) < 4.78 is 6.37. The summed E-state index contributed by atoms with van der Waals surface area (Å²) in [6.45, 7) is 12.4. The molecule has 0 radical (unpaired) electrons. The van der Waals surface area contributed by atoms with Crippen LogP contribution < -0.4 is 16.1 Å². The third-order valence-corrected chi connectivity index (χ3v) is 6.65. The lowest BCUT2D eigenvalue weighted by molar-refractivity contribution is 0.00334. The van der Waals surface area contributed by atoms with Crippen molar-refractivity contribution in [1.82, 2.24) is 15.0 Å². The molecule has 1 saturated heterocycles. The zero-order chi connectivity index (χ0) is 26.3. The molecule has 3 rings (SSSR count). The number of ether oxygens (including phenoxy) is 1. The minimum atomic E-state index is -0.526. The predicted molar refractivity (Wildman–Crippen MR) is 152 cm³/mol. The standard InChI is InChI=1S/C27H39BrN6O2/c1-7-34(32(6)31-24-13-9-12-23(28)25(24)29-5)22-14-16-33(17-15-22)19-20-10-8-11-21(18-20)30-26(35)36-27(2,3)4/h7-13,18,22,29,31H,1,14-17,19H2,2-6H3,(H,30,35). The molecule has 0 bridgehead atoms. The number of hydrogen-bond donors (Lipinski definition) is 3. The number of hydrogen-bond acceptors (Lipinski definition) is 7. The van der Waals surface area contributed by atoms with E-state index in [4.69, 9.17) is 4.74 Å². The Morgan fingerprint density at radius 1 is 1.22 bits per heavy atom. The monoisotopic (exact) mass is 558 g/mol. The molecule has 0 spiro atoms. The first-order valence-electron chi connectivity index (χ1n) is 12.3. The molecule has 0 aromatic heterocycles. The summed E-state index contributed by atoms with van der Waals surface area (Å²) >= 11 is 3.60. The number of amides is 1. The van der Waals surface area contributed by atoms with Crippen molar-refractivity contribution in [3.8, 4) is 0 Å². The van der Waals surface area contributed by atoms with E-state index in [1.165, 1.54) is 0 Å². The lowest BCUT2D eigenvalue weighted by Gasteiger charge is -2.42. The average molecular weight is 560 g/mol. The first-order chi connectivity index (χ1) is 17.1. The normalized spacial score (nSPS) is 14.9. The number of anilines is 3. The van der Waals surface area contributed by atoms with Gasteiger partial charge in [0.05, 0.1) is 11.4 Å². The summed E-state index contributed by atoms with van der Waals surface area (Å²) in [4.78, 5) is 14.6. The van der Waals surface area contributed by atoms with Crippen molar-refractivity contribution in [2.75, 3.05) is 43.2 Å². The number of nitrogens with one attached hydrogen (secondary N) is 3. The van der Waals surface area contributed by atoms with Gasteiger partial charge in [-0.2, -0.15) is 0 Å². The van der Waals surface area contributed by atoms with E-state index in [0.29, 0.717) is 6.04 Å². The summed E-state index contributed by atoms with van der Waals surface area (Å²) in [5, 5.41) is 10.2. The number of rotatable bonds is 9. The van der Waals surface area contributed by atoms with Crippen LogP contribution in [0, 0.1) is 0 Å². The van der Waals surface area contributed by atoms with Gasteiger partial charge in [-0.1, -0.05) is 24.8 Å². The highest BCUT2D eigenvalue weighted by molar-refractivity contribution is 9.10. The van der Waals surface area contributed by atoms with Gasteiger partial charge in [0.25, 0.3) is 0 Å². The Kier molecular flexibility index (Phi) is 9.64. The number of nitrogens with zero attached hydrogens (tertiary/aromatic N) is 3. The molecule has 1 aliphatic rings. The van der Waals surface area contributed by atoms with Crippen LogP contribution in [0.3, 0.4) is 0 Å². The van der Waals surface area contributed by atoms with Crippen LogP contribution in [0.1, 0.15) is 39.2 Å². The van der Waals surface area contributed by atoms with E-state index >= 15 is 0 Å². The molecule has 1 heterocycles. The molecule has 0 aliphatic carbocycles. The SMILES string of the molecule is C=CN(C1CCN(Cc2cccc(NC(=O)OC(C)(C)C)c2)CC1)N(C)Nc1cccc(Br)c1NC. The molecule has 0 unspecified atom stereocenters. The maximum atomic E-state index is 12.1. The molecule has 1 aliphatic heterocycles. The Hall–Kier alpha value is -2.75. The van der Waals surface area contributed by atoms with Crippen LogP contribution in [0.4, 0.5) is 21.9 Å². The van der Waals surface area contributed by atoms with Gasteiger partial charge in [0.1, 0.15) is 5.60 Å². The molecular formula is C27H39BrN6O2. The molecule has 9 heteroatoms. The fourth-order valence-corrected chi connectivity index (χ4v) is 4.95. The van der Waals surface area contributed by atoms with Crippen molar-refractivity contribution < 1.29 is 9.53 Å². The number of piperidine rings is 1. The molecule has 0 atom stereocenters. The second-order valence-corrected chi connectivity index (χ2v) is 10.8. The lowest BCUT2D eigenvalue weighted by Crippen LogP contribution is -2.50. The third kappa shape index (κ3) is 7.88. The summed E-state index contributed by atoms with van der Waals surface area (Å²) in [5.74, 6) is 0. The van der Waals surface area contributed by atoms with Gasteiger partial charge >= 0.3 is 6.09 Å². The van der Waals surface area contributed by atoms with Crippen LogP contribution in [0.15, 0.2) is 59.7 Å². The van der Waals surface area contributed by atoms with Crippen LogP contribution in [0.5, 0.6) is 0 Å². The first kappa shape index (κ1) is 27.8. The molecule has 3 N–H and O–H groups in total. The van der Waals surface area contributed by atoms with Crippen molar-refractivity contribution in [3.63, 3.8) is 0 Å². The quantitative estimate of drug-likeness (QED) is 0.320. The third-order valence-electron chi connectivity index (χ3n) is 5.99. The number of likely N-dealkylation sites (tertiary alicyclic amines) is 1. The molecule has 2 aromatic rings. The average Bonchev–Trinajstić information content (AvgIpc) is 2.80. The summed E-state index contributed by atoms with van der Waals surface area (Å²) in [5.41, 5.74) is 6.85. The highest BCUT2D eigenvalue weighted by atomic mass is 79.9. The van der Waals surface area contributed by atoms with Crippen LogP contribution in [0.2, 0.25) is 0 Å². The van der Waals surface area contributed by atoms with E-state index < -0.39 is 11.7 Å². The minimum Gasteiger partial charge on any atom is -0.444 e. The Morgan fingerprint density at radius 2 is 1.92 bits per heavy atom. The van der Waals surface area contributed by atoms with Crippen LogP contribution in [-0.2, 0) is 11.3 Å². The van der Waals surface area contributed by atoms with Gasteiger partial charge in [-0.3, -0.25) is 20.7 Å². The van der Waals surface area contributed by atoms with Crippen molar-refractivity contribution in [2.24, 2.45) is 0 Å². The van der Waals surface area contributed by atoms with E-state index in [2.05, 4.69) is 54.5 Å². The van der Waals surface area contributed by atoms with Crippen LogP contribution in [0.25, 0.3) is 0 Å². The summed E-state index contributed by atoms with van der Waals surface area (Å²) in [6.07, 6.45) is 3.49. The number of hydrazine groups is 2. The fourth-order valence-electron chi connectivity index (χ4n) is 4.39. The Balaban J connectivity index is 1.54. The van der Waals surface area contributed by atoms with Gasteiger partial charge in [0, 0.05) is 56.1 Å². The maximum absolute atomic E-state index is 12.1. The van der Waals surface area contributed by atoms with E-state index in [9.17, 15) is 4.79 Å². The second-order valence-electron chi connectivity index (χ2n) is 9.94.